The predicted octanol–water partition coefficient (Wildman–Crippen LogP) is 4.67. The molecule has 0 bridgehead atoms. The Morgan fingerprint density at radius 3 is 2.63 bits per heavy atom. The van der Waals surface area contributed by atoms with Crippen molar-refractivity contribution in [2.75, 3.05) is 4.90 Å². The molecule has 1 aliphatic carbocycles. The van der Waals surface area contributed by atoms with E-state index in [2.05, 4.69) is 50.1 Å². The average Bonchev–Trinajstić information content (AvgIpc) is 3.22. The van der Waals surface area contributed by atoms with E-state index in [4.69, 9.17) is 11.6 Å². The van der Waals surface area contributed by atoms with Crippen LogP contribution in [-0.4, -0.2) is 11.0 Å². The predicted molar refractivity (Wildman–Crippen MR) is 82.6 cm³/mol. The first-order valence-electron chi connectivity index (χ1n) is 6.35. The Bertz CT molecular complexity index is 570. The van der Waals surface area contributed by atoms with Crippen molar-refractivity contribution in [3.05, 3.63) is 57.7 Å². The highest BCUT2D eigenvalue weighted by atomic mass is 79.9. The molecule has 0 atom stereocenters. The third kappa shape index (κ3) is 3.10. The van der Waals surface area contributed by atoms with Crippen LogP contribution in [0.1, 0.15) is 18.4 Å². The lowest BCUT2D eigenvalue weighted by Crippen LogP contribution is -2.26. The van der Waals surface area contributed by atoms with Gasteiger partial charge in [-0.3, -0.25) is 0 Å². The number of pyridine rings is 1. The quantitative estimate of drug-likeness (QED) is 0.806. The molecule has 19 heavy (non-hydrogen) atoms. The maximum Gasteiger partial charge on any atom is 0.147 e. The third-order valence-electron chi connectivity index (χ3n) is 3.24. The Morgan fingerprint density at radius 2 is 2.00 bits per heavy atom. The van der Waals surface area contributed by atoms with Gasteiger partial charge in [0.05, 0.1) is 5.02 Å². The smallest absolute Gasteiger partial charge is 0.147 e. The Kier molecular flexibility index (Phi) is 3.76. The molecule has 3 rings (SSSR count). The largest absolute Gasteiger partial charge is 0.348 e. The minimum atomic E-state index is 0.575. The van der Waals surface area contributed by atoms with Gasteiger partial charge in [0.2, 0.25) is 0 Å². The molecular formula is C15H14BrClN2. The highest BCUT2D eigenvalue weighted by Crippen LogP contribution is 2.36. The number of hydrogen-bond donors (Lipinski definition) is 0. The van der Waals surface area contributed by atoms with Gasteiger partial charge in [0.15, 0.2) is 0 Å². The minimum Gasteiger partial charge on any atom is -0.348 e. The van der Waals surface area contributed by atoms with Crippen LogP contribution in [0.2, 0.25) is 5.02 Å². The second kappa shape index (κ2) is 5.51. The zero-order valence-electron chi connectivity index (χ0n) is 10.4. The molecule has 1 saturated carbocycles. The first kappa shape index (κ1) is 12.9. The van der Waals surface area contributed by atoms with Crippen molar-refractivity contribution in [2.45, 2.75) is 25.4 Å². The van der Waals surface area contributed by atoms with Gasteiger partial charge >= 0.3 is 0 Å². The van der Waals surface area contributed by atoms with Crippen LogP contribution >= 0.6 is 27.5 Å². The normalized spacial score (nSPS) is 14.4. The summed E-state index contributed by atoms with van der Waals surface area (Å²) in [5.41, 5.74) is 1.29. The van der Waals surface area contributed by atoms with E-state index in [9.17, 15) is 0 Å². The van der Waals surface area contributed by atoms with E-state index in [0.29, 0.717) is 11.1 Å². The number of rotatable bonds is 4. The highest BCUT2D eigenvalue weighted by molar-refractivity contribution is 9.10. The lowest BCUT2D eigenvalue weighted by atomic mass is 10.2. The first-order chi connectivity index (χ1) is 9.24. The van der Waals surface area contributed by atoms with Gasteiger partial charge in [-0.2, -0.15) is 0 Å². The summed E-state index contributed by atoms with van der Waals surface area (Å²) in [6, 6.07) is 12.9. The molecule has 0 spiro atoms. The third-order valence-corrected chi connectivity index (χ3v) is 3.96. The molecule has 1 heterocycles. The molecule has 0 N–H and O–H groups in total. The Balaban J connectivity index is 1.89. The van der Waals surface area contributed by atoms with Gasteiger partial charge in [-0.1, -0.05) is 41.9 Å². The maximum absolute atomic E-state index is 6.33. The van der Waals surface area contributed by atoms with E-state index in [1.54, 1.807) is 0 Å². The molecule has 1 fully saturated rings. The standard InChI is InChI=1S/C15H14BrClN2/c16-12-8-14(17)15(18-9-12)19(13-6-7-13)10-11-4-2-1-3-5-11/h1-5,8-9,13H,6-7,10H2. The second-order valence-electron chi connectivity index (χ2n) is 4.80. The summed E-state index contributed by atoms with van der Waals surface area (Å²) in [5.74, 6) is 0.885. The molecule has 2 aromatic rings. The van der Waals surface area contributed by atoms with Crippen LogP contribution in [0, 0.1) is 0 Å². The fraction of sp³-hybridized carbons (Fsp3) is 0.267. The molecular weight excluding hydrogens is 324 g/mol. The molecule has 2 nitrogen and oxygen atoms in total. The Morgan fingerprint density at radius 1 is 1.26 bits per heavy atom. The van der Waals surface area contributed by atoms with Crippen LogP contribution in [0.4, 0.5) is 5.82 Å². The summed E-state index contributed by atoms with van der Waals surface area (Å²) in [5, 5.41) is 0.706. The summed E-state index contributed by atoms with van der Waals surface area (Å²) in [6.07, 6.45) is 4.25. The van der Waals surface area contributed by atoms with Gasteiger partial charge in [0.1, 0.15) is 5.82 Å². The SMILES string of the molecule is Clc1cc(Br)cnc1N(Cc1ccccc1)C1CC1. The molecule has 0 aliphatic heterocycles. The Labute approximate surface area is 126 Å². The number of aromatic nitrogens is 1. The van der Waals surface area contributed by atoms with Gasteiger partial charge in [-0.25, -0.2) is 4.98 Å². The molecule has 0 radical (unpaired) electrons. The molecule has 98 valence electrons. The van der Waals surface area contributed by atoms with E-state index in [-0.39, 0.29) is 0 Å². The average molecular weight is 338 g/mol. The van der Waals surface area contributed by atoms with Gasteiger partial charge in [0.25, 0.3) is 0 Å². The van der Waals surface area contributed by atoms with Crippen molar-refractivity contribution in [1.82, 2.24) is 4.98 Å². The van der Waals surface area contributed by atoms with Crippen molar-refractivity contribution in [3.8, 4) is 0 Å². The van der Waals surface area contributed by atoms with Gasteiger partial charge in [-0.15, -0.1) is 0 Å². The summed E-state index contributed by atoms with van der Waals surface area (Å²) in [7, 11) is 0. The monoisotopic (exact) mass is 336 g/mol. The van der Waals surface area contributed by atoms with E-state index >= 15 is 0 Å². The maximum atomic E-state index is 6.33. The number of hydrogen-bond acceptors (Lipinski definition) is 2. The lowest BCUT2D eigenvalue weighted by Gasteiger charge is -2.24. The van der Waals surface area contributed by atoms with E-state index in [1.807, 2.05) is 18.3 Å². The Hall–Kier alpha value is -1.06. The lowest BCUT2D eigenvalue weighted by molar-refractivity contribution is 0.778. The summed E-state index contributed by atoms with van der Waals surface area (Å²) in [6.45, 7) is 0.861. The zero-order chi connectivity index (χ0) is 13.2. The molecule has 1 aliphatic rings. The number of anilines is 1. The van der Waals surface area contributed by atoms with Gasteiger partial charge in [0, 0.05) is 23.3 Å². The summed E-state index contributed by atoms with van der Waals surface area (Å²) < 4.78 is 0.914. The van der Waals surface area contributed by atoms with Gasteiger partial charge < -0.3 is 4.90 Å². The van der Waals surface area contributed by atoms with Crippen molar-refractivity contribution in [1.29, 1.82) is 0 Å². The molecule has 1 aromatic heterocycles. The van der Waals surface area contributed by atoms with Crippen LogP contribution in [0.5, 0.6) is 0 Å². The summed E-state index contributed by atoms with van der Waals surface area (Å²) >= 11 is 9.73. The van der Waals surface area contributed by atoms with Crippen molar-refractivity contribution in [3.63, 3.8) is 0 Å². The van der Waals surface area contributed by atoms with E-state index in [1.165, 1.54) is 18.4 Å². The zero-order valence-corrected chi connectivity index (χ0v) is 12.7. The molecule has 0 unspecified atom stereocenters. The first-order valence-corrected chi connectivity index (χ1v) is 7.53. The van der Waals surface area contributed by atoms with Crippen LogP contribution in [0.25, 0.3) is 0 Å². The molecule has 0 saturated heterocycles. The summed E-state index contributed by atoms with van der Waals surface area (Å²) in [4.78, 5) is 6.79. The second-order valence-corrected chi connectivity index (χ2v) is 6.13. The number of nitrogens with zero attached hydrogens (tertiary/aromatic N) is 2. The van der Waals surface area contributed by atoms with E-state index < -0.39 is 0 Å². The van der Waals surface area contributed by atoms with Crippen molar-refractivity contribution in [2.24, 2.45) is 0 Å². The topological polar surface area (TPSA) is 16.1 Å². The fourth-order valence-corrected chi connectivity index (χ4v) is 2.90. The highest BCUT2D eigenvalue weighted by Gasteiger charge is 2.31. The van der Waals surface area contributed by atoms with E-state index in [0.717, 1.165) is 16.8 Å². The van der Waals surface area contributed by atoms with Crippen LogP contribution in [0.3, 0.4) is 0 Å². The molecule has 4 heteroatoms. The number of benzene rings is 1. The number of halogens is 2. The molecule has 0 amide bonds. The van der Waals surface area contributed by atoms with Crippen LogP contribution in [-0.2, 0) is 6.54 Å². The van der Waals surface area contributed by atoms with Crippen LogP contribution in [0.15, 0.2) is 47.1 Å². The minimum absolute atomic E-state index is 0.575. The fourth-order valence-electron chi connectivity index (χ4n) is 2.16. The molecule has 1 aromatic carbocycles. The van der Waals surface area contributed by atoms with Crippen molar-refractivity contribution >= 4 is 33.3 Å². The van der Waals surface area contributed by atoms with Crippen LogP contribution < -0.4 is 4.90 Å². The van der Waals surface area contributed by atoms with Crippen molar-refractivity contribution < 1.29 is 0 Å². The van der Waals surface area contributed by atoms with Gasteiger partial charge in [-0.05, 0) is 40.4 Å².